The first kappa shape index (κ1) is 23.3. The van der Waals surface area contributed by atoms with Crippen LogP contribution in [0.3, 0.4) is 0 Å². The number of halogens is 1. The number of carbonyl (C=O) groups is 2. The van der Waals surface area contributed by atoms with E-state index in [1.54, 1.807) is 22.1 Å². The zero-order valence-electron chi connectivity index (χ0n) is 20.9. The quantitative estimate of drug-likeness (QED) is 0.528. The Morgan fingerprint density at radius 1 is 1.05 bits per heavy atom. The van der Waals surface area contributed by atoms with Gasteiger partial charge in [-0.05, 0) is 72.9 Å². The lowest BCUT2D eigenvalue weighted by molar-refractivity contribution is -0.141. The van der Waals surface area contributed by atoms with Crippen molar-refractivity contribution in [1.29, 1.82) is 0 Å². The summed E-state index contributed by atoms with van der Waals surface area (Å²) in [7, 11) is 0. The fourth-order valence-corrected chi connectivity index (χ4v) is 5.66. The second-order valence-electron chi connectivity index (χ2n) is 11.1. The lowest BCUT2D eigenvalue weighted by Gasteiger charge is -2.24. The second kappa shape index (κ2) is 8.33. The molecule has 3 heterocycles. The third-order valence-corrected chi connectivity index (χ3v) is 8.32. The molecular weight excluding hydrogens is 485 g/mol. The Hall–Kier alpha value is -3.85. The first-order valence-electron chi connectivity index (χ1n) is 13.2. The lowest BCUT2D eigenvalue weighted by Crippen LogP contribution is -2.42. The minimum atomic E-state index is -1.19. The van der Waals surface area contributed by atoms with Crippen LogP contribution in [0.4, 0.5) is 4.39 Å². The maximum Gasteiger partial charge on any atom is 0.256 e. The summed E-state index contributed by atoms with van der Waals surface area (Å²) in [5, 5.41) is 17.1. The van der Waals surface area contributed by atoms with Crippen molar-refractivity contribution in [1.82, 2.24) is 20.0 Å². The summed E-state index contributed by atoms with van der Waals surface area (Å²) in [5.41, 5.74) is 1.90. The first-order chi connectivity index (χ1) is 18.4. The number of H-pyrrole nitrogens is 1. The van der Waals surface area contributed by atoms with Crippen LogP contribution in [0.2, 0.25) is 0 Å². The molecule has 1 atom stereocenters. The molecule has 3 aromatic rings. The van der Waals surface area contributed by atoms with E-state index in [4.69, 9.17) is 4.99 Å². The van der Waals surface area contributed by atoms with Gasteiger partial charge in [0.2, 0.25) is 0 Å². The summed E-state index contributed by atoms with van der Waals surface area (Å²) in [6.45, 7) is 1.44. The fourth-order valence-electron chi connectivity index (χ4n) is 5.66. The van der Waals surface area contributed by atoms with Gasteiger partial charge >= 0.3 is 0 Å². The molecular formula is C29H28FN5O3. The highest BCUT2D eigenvalue weighted by atomic mass is 19.1. The van der Waals surface area contributed by atoms with Crippen LogP contribution < -0.4 is 0 Å². The van der Waals surface area contributed by atoms with Gasteiger partial charge in [-0.25, -0.2) is 4.39 Å². The standard InChI is InChI=1S/C29H28FN5O3/c30-23-15-21(19-1-3-20(4-2-19)24-7-13-31-33-24)5-6-22(23)25-32-28(9-10-28)26(36)35(25)17-18-8-14-34(16-18)27(37)29(38)11-12-29/h1-7,13,15,18,38H,8-12,14,16-17H2,(H,31,33)/t18-/m1/s1. The number of hydrogen-bond acceptors (Lipinski definition) is 5. The molecule has 0 bridgehead atoms. The molecule has 7 rings (SSSR count). The van der Waals surface area contributed by atoms with Crippen molar-refractivity contribution in [2.24, 2.45) is 10.9 Å². The summed E-state index contributed by atoms with van der Waals surface area (Å²) in [5.74, 6) is -0.263. The van der Waals surface area contributed by atoms with Crippen LogP contribution >= 0.6 is 0 Å². The molecule has 0 unspecified atom stereocenters. The number of benzene rings is 2. The van der Waals surface area contributed by atoms with Crippen molar-refractivity contribution >= 4 is 17.6 Å². The Balaban J connectivity index is 1.11. The van der Waals surface area contributed by atoms with Crippen LogP contribution in [0, 0.1) is 11.7 Å². The largest absolute Gasteiger partial charge is 0.380 e. The van der Waals surface area contributed by atoms with Gasteiger partial charge in [-0.3, -0.25) is 24.6 Å². The minimum absolute atomic E-state index is 0.0556. The average Bonchev–Trinajstić information content (AvgIpc) is 3.68. The van der Waals surface area contributed by atoms with Gasteiger partial charge in [-0.2, -0.15) is 5.10 Å². The molecule has 1 saturated heterocycles. The molecule has 1 aromatic heterocycles. The summed E-state index contributed by atoms with van der Waals surface area (Å²) in [6.07, 6.45) is 4.82. The molecule has 1 spiro atoms. The van der Waals surface area contributed by atoms with Gasteiger partial charge in [-0.1, -0.05) is 30.3 Å². The lowest BCUT2D eigenvalue weighted by atomic mass is 10.0. The minimum Gasteiger partial charge on any atom is -0.380 e. The van der Waals surface area contributed by atoms with Crippen LogP contribution in [0.5, 0.6) is 0 Å². The average molecular weight is 514 g/mol. The normalized spacial score (nSPS) is 22.7. The maximum absolute atomic E-state index is 15.6. The molecule has 38 heavy (non-hydrogen) atoms. The zero-order valence-corrected chi connectivity index (χ0v) is 20.9. The number of hydrogen-bond donors (Lipinski definition) is 2. The van der Waals surface area contributed by atoms with Gasteiger partial charge in [-0.15, -0.1) is 0 Å². The third-order valence-electron chi connectivity index (χ3n) is 8.32. The number of likely N-dealkylation sites (tertiary alicyclic amines) is 1. The number of aromatic amines is 1. The molecule has 9 heteroatoms. The van der Waals surface area contributed by atoms with Gasteiger partial charge in [0.15, 0.2) is 0 Å². The molecule has 2 aliphatic heterocycles. The molecule has 2 amide bonds. The van der Waals surface area contributed by atoms with Crippen LogP contribution in [-0.2, 0) is 9.59 Å². The van der Waals surface area contributed by atoms with Crippen LogP contribution in [-0.4, -0.2) is 73.5 Å². The number of aromatic nitrogens is 2. The number of nitrogens with one attached hydrogen (secondary N) is 1. The molecule has 194 valence electrons. The molecule has 8 nitrogen and oxygen atoms in total. The predicted octanol–water partition coefficient (Wildman–Crippen LogP) is 3.38. The monoisotopic (exact) mass is 513 g/mol. The van der Waals surface area contributed by atoms with Gasteiger partial charge in [0.25, 0.3) is 11.8 Å². The Kier molecular flexibility index (Phi) is 5.10. The van der Waals surface area contributed by atoms with E-state index in [9.17, 15) is 14.7 Å². The number of amidine groups is 1. The highest BCUT2D eigenvalue weighted by Crippen LogP contribution is 2.46. The molecule has 2 aromatic carbocycles. The van der Waals surface area contributed by atoms with Crippen molar-refractivity contribution < 1.29 is 19.1 Å². The van der Waals surface area contributed by atoms with Gasteiger partial charge in [0.05, 0.1) is 11.3 Å². The Morgan fingerprint density at radius 2 is 1.79 bits per heavy atom. The van der Waals surface area contributed by atoms with E-state index in [2.05, 4.69) is 10.2 Å². The SMILES string of the molecule is O=C(N1CC[C@@H](CN2C(=O)C3(CC3)N=C2c2ccc(-c3ccc(-c4ccn[nH]4)cc3)cc2F)C1)C1(O)CC1. The number of rotatable bonds is 6. The van der Waals surface area contributed by atoms with E-state index in [-0.39, 0.29) is 17.7 Å². The van der Waals surface area contributed by atoms with E-state index in [1.807, 2.05) is 36.4 Å². The van der Waals surface area contributed by atoms with E-state index in [0.29, 0.717) is 56.7 Å². The third kappa shape index (κ3) is 3.84. The van der Waals surface area contributed by atoms with Crippen molar-refractivity contribution in [3.63, 3.8) is 0 Å². The predicted molar refractivity (Wildman–Crippen MR) is 139 cm³/mol. The maximum atomic E-state index is 15.6. The number of amides is 2. The number of nitrogens with zero attached hydrogens (tertiary/aromatic N) is 4. The number of carbonyl (C=O) groups excluding carboxylic acids is 2. The molecule has 2 aliphatic carbocycles. The Labute approximate surface area is 219 Å². The van der Waals surface area contributed by atoms with E-state index in [0.717, 1.165) is 28.8 Å². The molecule has 4 aliphatic rings. The van der Waals surface area contributed by atoms with Gasteiger partial charge < -0.3 is 10.0 Å². The van der Waals surface area contributed by atoms with E-state index >= 15 is 4.39 Å². The van der Waals surface area contributed by atoms with Crippen LogP contribution in [0.25, 0.3) is 22.4 Å². The van der Waals surface area contributed by atoms with Gasteiger partial charge in [0, 0.05) is 25.8 Å². The van der Waals surface area contributed by atoms with Crippen LogP contribution in [0.15, 0.2) is 59.7 Å². The first-order valence-corrected chi connectivity index (χ1v) is 13.2. The second-order valence-corrected chi connectivity index (χ2v) is 11.1. The highest BCUT2D eigenvalue weighted by molar-refractivity contribution is 6.16. The van der Waals surface area contributed by atoms with E-state index < -0.39 is 17.0 Å². The Bertz CT molecular complexity index is 1460. The topological polar surface area (TPSA) is 102 Å². The van der Waals surface area contributed by atoms with Crippen molar-refractivity contribution in [2.75, 3.05) is 19.6 Å². The molecule has 0 radical (unpaired) electrons. The fraction of sp³-hybridized carbons (Fsp3) is 0.379. The number of aliphatic imine (C=N–C) groups is 1. The van der Waals surface area contributed by atoms with Crippen LogP contribution in [0.1, 0.15) is 37.7 Å². The Morgan fingerprint density at radius 3 is 2.45 bits per heavy atom. The van der Waals surface area contributed by atoms with E-state index in [1.165, 1.54) is 6.07 Å². The van der Waals surface area contributed by atoms with Crippen molar-refractivity contribution in [3.8, 4) is 22.4 Å². The summed E-state index contributed by atoms with van der Waals surface area (Å²) in [4.78, 5) is 34.0. The summed E-state index contributed by atoms with van der Waals surface area (Å²) in [6, 6.07) is 14.8. The van der Waals surface area contributed by atoms with Gasteiger partial charge in [0.1, 0.15) is 22.8 Å². The van der Waals surface area contributed by atoms with Crippen molar-refractivity contribution in [2.45, 2.75) is 43.2 Å². The highest BCUT2D eigenvalue weighted by Gasteiger charge is 2.58. The molecule has 2 N–H and O–H groups in total. The summed E-state index contributed by atoms with van der Waals surface area (Å²) < 4.78 is 15.6. The summed E-state index contributed by atoms with van der Waals surface area (Å²) >= 11 is 0. The molecule has 2 saturated carbocycles. The van der Waals surface area contributed by atoms with Crippen molar-refractivity contribution in [3.05, 3.63) is 66.1 Å². The zero-order chi connectivity index (χ0) is 26.1. The smallest absolute Gasteiger partial charge is 0.256 e. The number of aliphatic hydroxyl groups is 1. The molecule has 3 fully saturated rings.